The summed E-state index contributed by atoms with van der Waals surface area (Å²) in [4.78, 5) is 8.15. The average molecular weight is 445 g/mol. The van der Waals surface area contributed by atoms with E-state index in [4.69, 9.17) is 0 Å². The molecule has 0 saturated heterocycles. The Hall–Kier alpha value is -4.58. The van der Waals surface area contributed by atoms with Gasteiger partial charge in [-0.3, -0.25) is 9.97 Å². The third-order valence-electron chi connectivity index (χ3n) is 5.11. The molecule has 2 aromatic carbocycles. The van der Waals surface area contributed by atoms with Crippen LogP contribution in [0.5, 0.6) is 0 Å². The molecule has 0 aliphatic heterocycles. The van der Waals surface area contributed by atoms with E-state index in [9.17, 15) is 0 Å². The topological polar surface area (TPSA) is 75.2 Å². The van der Waals surface area contributed by atoms with Crippen LogP contribution in [0.25, 0.3) is 0 Å². The highest BCUT2D eigenvalue weighted by Gasteiger charge is 2.15. The van der Waals surface area contributed by atoms with Crippen molar-refractivity contribution < 1.29 is 0 Å². The monoisotopic (exact) mass is 444 g/mol. The second-order valence-corrected chi connectivity index (χ2v) is 7.47. The lowest BCUT2D eigenvalue weighted by atomic mass is 10.00. The molecule has 0 saturated carbocycles. The van der Waals surface area contributed by atoms with Gasteiger partial charge in [-0.25, -0.2) is 0 Å². The van der Waals surface area contributed by atoms with Crippen molar-refractivity contribution in [3.8, 4) is 0 Å². The minimum absolute atomic E-state index is 0.631. The van der Waals surface area contributed by atoms with E-state index in [-0.39, 0.29) is 0 Å². The Morgan fingerprint density at radius 3 is 1.15 bits per heavy atom. The Kier molecular flexibility index (Phi) is 7.54. The summed E-state index contributed by atoms with van der Waals surface area (Å²) < 4.78 is 0. The van der Waals surface area contributed by atoms with Gasteiger partial charge in [0.2, 0.25) is 0 Å². The summed E-state index contributed by atoms with van der Waals surface area (Å²) in [5.74, 6) is 0. The van der Waals surface area contributed by atoms with Crippen LogP contribution in [0.1, 0.15) is 36.1 Å². The predicted octanol–water partition coefficient (Wildman–Crippen LogP) is 5.60. The first-order valence-corrected chi connectivity index (χ1v) is 10.9. The second-order valence-electron chi connectivity index (χ2n) is 7.47. The molecular weight excluding hydrogens is 420 g/mol. The van der Waals surface area contributed by atoms with Gasteiger partial charge in [0.05, 0.1) is 11.4 Å². The van der Waals surface area contributed by atoms with E-state index in [0.29, 0.717) is 11.4 Å². The summed E-state index contributed by atoms with van der Waals surface area (Å²) in [6.45, 7) is 3.85. The van der Waals surface area contributed by atoms with Gasteiger partial charge < -0.3 is 0 Å². The number of aromatic nitrogens is 2. The zero-order chi connectivity index (χ0) is 23.6. The minimum Gasteiger partial charge on any atom is -0.265 e. The number of hydrogen-bond donors (Lipinski definition) is 0. The van der Waals surface area contributed by atoms with Crippen molar-refractivity contribution >= 4 is 22.8 Å². The van der Waals surface area contributed by atoms with E-state index in [1.807, 2.05) is 98.8 Å². The van der Waals surface area contributed by atoms with Crippen molar-refractivity contribution in [1.82, 2.24) is 9.97 Å². The minimum atomic E-state index is 0.631. The third-order valence-corrected chi connectivity index (χ3v) is 5.11. The van der Waals surface area contributed by atoms with Gasteiger partial charge >= 0.3 is 0 Å². The van der Waals surface area contributed by atoms with Crippen LogP contribution in [-0.4, -0.2) is 32.8 Å². The van der Waals surface area contributed by atoms with Crippen molar-refractivity contribution in [2.45, 2.75) is 13.8 Å². The van der Waals surface area contributed by atoms with E-state index in [2.05, 4.69) is 30.4 Å². The molecule has 0 aliphatic carbocycles. The first-order chi connectivity index (χ1) is 16.7. The molecular formula is C28H24N6. The fourth-order valence-electron chi connectivity index (χ4n) is 3.23. The van der Waals surface area contributed by atoms with Crippen LogP contribution in [-0.2, 0) is 0 Å². The summed E-state index contributed by atoms with van der Waals surface area (Å²) in [5, 5.41) is 18.4. The lowest BCUT2D eigenvalue weighted by Gasteiger charge is -2.09. The molecule has 34 heavy (non-hydrogen) atoms. The molecule has 2 aromatic heterocycles. The van der Waals surface area contributed by atoms with Crippen molar-refractivity contribution in [3.05, 3.63) is 132 Å². The Labute approximate surface area is 199 Å². The van der Waals surface area contributed by atoms with Crippen LogP contribution < -0.4 is 0 Å². The van der Waals surface area contributed by atoms with Crippen molar-refractivity contribution in [2.24, 2.45) is 20.4 Å². The highest BCUT2D eigenvalue weighted by molar-refractivity contribution is 6.53. The number of pyridine rings is 2. The first kappa shape index (κ1) is 22.6. The molecule has 4 rings (SSSR count). The van der Waals surface area contributed by atoms with E-state index in [1.54, 1.807) is 24.8 Å². The van der Waals surface area contributed by atoms with Crippen LogP contribution in [0.15, 0.2) is 130 Å². The van der Waals surface area contributed by atoms with Crippen molar-refractivity contribution in [3.63, 3.8) is 0 Å². The maximum Gasteiger partial charge on any atom is 0.121 e. The predicted molar refractivity (Wildman–Crippen MR) is 139 cm³/mol. The maximum atomic E-state index is 4.67. The lowest BCUT2D eigenvalue weighted by molar-refractivity contribution is 1.20. The fraction of sp³-hybridized carbons (Fsp3) is 0.0714. The van der Waals surface area contributed by atoms with Crippen LogP contribution in [0.4, 0.5) is 0 Å². The van der Waals surface area contributed by atoms with Gasteiger partial charge in [-0.15, -0.1) is 10.2 Å². The van der Waals surface area contributed by atoms with E-state index >= 15 is 0 Å². The van der Waals surface area contributed by atoms with Crippen LogP contribution in [0, 0.1) is 0 Å². The molecule has 0 amide bonds. The summed E-state index contributed by atoms with van der Waals surface area (Å²) in [5.41, 5.74) is 6.52. The van der Waals surface area contributed by atoms with Crippen LogP contribution in [0.2, 0.25) is 0 Å². The van der Waals surface area contributed by atoms with Gasteiger partial charge in [-0.2, -0.15) is 10.2 Å². The number of rotatable bonds is 7. The summed E-state index contributed by atoms with van der Waals surface area (Å²) >= 11 is 0. The van der Waals surface area contributed by atoms with Gasteiger partial charge in [-0.1, -0.05) is 60.7 Å². The van der Waals surface area contributed by atoms with Gasteiger partial charge in [0, 0.05) is 47.0 Å². The maximum absolute atomic E-state index is 4.67. The Morgan fingerprint density at radius 2 is 0.794 bits per heavy atom. The first-order valence-electron chi connectivity index (χ1n) is 10.9. The van der Waals surface area contributed by atoms with Crippen LogP contribution >= 0.6 is 0 Å². The zero-order valence-electron chi connectivity index (χ0n) is 19.1. The molecule has 4 aromatic rings. The molecule has 6 nitrogen and oxygen atoms in total. The molecule has 2 heterocycles. The van der Waals surface area contributed by atoms with Crippen molar-refractivity contribution in [2.75, 3.05) is 0 Å². The molecule has 0 bridgehead atoms. The number of nitrogens with zero attached hydrogens (tertiary/aromatic N) is 6. The molecule has 166 valence electrons. The number of benzene rings is 2. The smallest absolute Gasteiger partial charge is 0.121 e. The van der Waals surface area contributed by atoms with Gasteiger partial charge in [0.1, 0.15) is 11.4 Å². The second kappa shape index (κ2) is 11.3. The largest absolute Gasteiger partial charge is 0.265 e. The molecule has 0 fully saturated rings. The normalized spacial score (nSPS) is 13.1. The summed E-state index contributed by atoms with van der Waals surface area (Å²) in [6, 6.07) is 27.4. The summed E-state index contributed by atoms with van der Waals surface area (Å²) in [6.07, 6.45) is 6.96. The van der Waals surface area contributed by atoms with Gasteiger partial charge in [0.15, 0.2) is 0 Å². The molecule has 0 unspecified atom stereocenters. The average Bonchev–Trinajstić information content (AvgIpc) is 2.92. The third kappa shape index (κ3) is 5.81. The molecule has 0 N–H and O–H groups in total. The van der Waals surface area contributed by atoms with Crippen LogP contribution in [0.3, 0.4) is 0 Å². The van der Waals surface area contributed by atoms with E-state index in [1.165, 1.54) is 0 Å². The SMILES string of the molecule is C\C(=N/N=C(/C(=N/N=C(\C)c1ccncc1)c1ccccc1)c1ccccc1)c1ccncc1. The highest BCUT2D eigenvalue weighted by atomic mass is 15.2. The quantitative estimate of drug-likeness (QED) is 0.275. The molecule has 0 radical (unpaired) electrons. The highest BCUT2D eigenvalue weighted by Crippen LogP contribution is 2.13. The standard InChI is InChI=1S/C28H24N6/c1-21(23-13-17-29-18-14-23)31-33-27(25-9-5-3-6-10-25)28(26-11-7-4-8-12-26)34-32-22(2)24-15-19-30-20-16-24/h3-20H,1-2H3/b31-21+,32-22+,33-27+,34-28+. The van der Waals surface area contributed by atoms with Gasteiger partial charge in [0.25, 0.3) is 0 Å². The Morgan fingerprint density at radius 1 is 0.441 bits per heavy atom. The molecule has 6 heteroatoms. The summed E-state index contributed by atoms with van der Waals surface area (Å²) in [7, 11) is 0. The fourth-order valence-corrected chi connectivity index (χ4v) is 3.23. The number of hydrogen-bond acceptors (Lipinski definition) is 6. The molecule has 0 spiro atoms. The van der Waals surface area contributed by atoms with Gasteiger partial charge in [-0.05, 0) is 38.1 Å². The Bertz CT molecular complexity index is 1220. The molecule has 0 atom stereocenters. The Balaban J connectivity index is 1.85. The van der Waals surface area contributed by atoms with Crippen molar-refractivity contribution in [1.29, 1.82) is 0 Å². The van der Waals surface area contributed by atoms with E-state index in [0.717, 1.165) is 33.7 Å². The zero-order valence-corrected chi connectivity index (χ0v) is 19.1. The lowest BCUT2D eigenvalue weighted by Crippen LogP contribution is -2.17. The van der Waals surface area contributed by atoms with E-state index < -0.39 is 0 Å². The molecule has 0 aliphatic rings.